The molecule has 1 aromatic heterocycles. The molecule has 1 heterocycles. The maximum atomic E-state index is 13.2. The summed E-state index contributed by atoms with van der Waals surface area (Å²) in [7, 11) is 1.59. The topological polar surface area (TPSA) is 90.2 Å². The van der Waals surface area contributed by atoms with Gasteiger partial charge in [0.1, 0.15) is 5.75 Å². The fourth-order valence-corrected chi connectivity index (χ4v) is 3.71. The van der Waals surface area contributed by atoms with Crippen molar-refractivity contribution in [3.63, 3.8) is 0 Å². The number of nitrogens with one attached hydrogen (secondary N) is 2. The maximum absolute atomic E-state index is 13.2. The Morgan fingerprint density at radius 1 is 1.11 bits per heavy atom. The van der Waals surface area contributed by atoms with Crippen LogP contribution in [0.25, 0.3) is 11.4 Å². The van der Waals surface area contributed by atoms with Gasteiger partial charge in [0.2, 0.25) is 0 Å². The molecule has 0 unspecified atom stereocenters. The average Bonchev–Trinajstić information content (AvgIpc) is 3.62. The van der Waals surface area contributed by atoms with Crippen molar-refractivity contribution in [2.24, 2.45) is 0 Å². The highest BCUT2D eigenvalue weighted by Gasteiger charge is 2.33. The monoisotopic (exact) mass is 489 g/mol. The molecule has 186 valence electrons. The van der Waals surface area contributed by atoms with Crippen LogP contribution in [0.15, 0.2) is 53.3 Å². The lowest BCUT2D eigenvalue weighted by atomic mass is 10.1. The van der Waals surface area contributed by atoms with E-state index >= 15 is 0 Å². The van der Waals surface area contributed by atoms with E-state index in [1.165, 1.54) is 21.4 Å². The van der Waals surface area contributed by atoms with Gasteiger partial charge >= 0.3 is 17.9 Å². The maximum Gasteiger partial charge on any atom is 0.416 e. The first-order chi connectivity index (χ1) is 16.8. The zero-order valence-corrected chi connectivity index (χ0v) is 19.1. The van der Waals surface area contributed by atoms with Gasteiger partial charge < -0.3 is 15.4 Å². The van der Waals surface area contributed by atoms with E-state index in [0.717, 1.165) is 36.3 Å². The summed E-state index contributed by atoms with van der Waals surface area (Å²) in [5.41, 5.74) is 0.0751. The molecule has 8 nitrogen and oxygen atoms in total. The molecule has 2 amide bonds. The van der Waals surface area contributed by atoms with E-state index in [-0.39, 0.29) is 36.6 Å². The molecule has 0 radical (unpaired) electrons. The number of carbonyl (C=O) groups excluding carboxylic acids is 1. The van der Waals surface area contributed by atoms with Crippen LogP contribution in [0.1, 0.15) is 30.0 Å². The molecule has 4 rings (SSSR count). The van der Waals surface area contributed by atoms with Crippen molar-refractivity contribution in [3.05, 3.63) is 70.1 Å². The van der Waals surface area contributed by atoms with Gasteiger partial charge in [0, 0.05) is 24.7 Å². The molecular weight excluding hydrogens is 463 g/mol. The Bertz CT molecular complexity index is 1230. The second-order valence-corrected chi connectivity index (χ2v) is 8.29. The highest BCUT2D eigenvalue weighted by molar-refractivity contribution is 5.73. The SMILES string of the molecule is COc1ccc(CCNC(=O)NCCn2nc(-c3cccc(C(F)(F)F)c3)n(C3CC3)c2=O)cc1. The third-order valence-electron chi connectivity index (χ3n) is 5.70. The molecule has 1 aliphatic rings. The van der Waals surface area contributed by atoms with Gasteiger partial charge in [0.25, 0.3) is 0 Å². The summed E-state index contributed by atoms with van der Waals surface area (Å²) in [6, 6.07) is 11.9. The number of urea groups is 1. The van der Waals surface area contributed by atoms with Crippen molar-refractivity contribution in [3.8, 4) is 17.1 Å². The van der Waals surface area contributed by atoms with Gasteiger partial charge in [0.15, 0.2) is 5.82 Å². The van der Waals surface area contributed by atoms with Crippen molar-refractivity contribution < 1.29 is 22.7 Å². The largest absolute Gasteiger partial charge is 0.497 e. The highest BCUT2D eigenvalue weighted by atomic mass is 19.4. The van der Waals surface area contributed by atoms with E-state index in [2.05, 4.69) is 15.7 Å². The number of carbonyl (C=O) groups is 1. The van der Waals surface area contributed by atoms with Crippen LogP contribution in [0, 0.1) is 0 Å². The predicted molar refractivity (Wildman–Crippen MR) is 123 cm³/mol. The molecule has 0 spiro atoms. The third-order valence-corrected chi connectivity index (χ3v) is 5.70. The minimum Gasteiger partial charge on any atom is -0.497 e. The van der Waals surface area contributed by atoms with Crippen LogP contribution in [0.3, 0.4) is 0 Å². The number of alkyl halides is 3. The van der Waals surface area contributed by atoms with Gasteiger partial charge in [-0.1, -0.05) is 24.3 Å². The summed E-state index contributed by atoms with van der Waals surface area (Å²) >= 11 is 0. The Morgan fingerprint density at radius 3 is 2.49 bits per heavy atom. The quantitative estimate of drug-likeness (QED) is 0.481. The van der Waals surface area contributed by atoms with Crippen LogP contribution in [-0.4, -0.2) is 40.6 Å². The number of benzene rings is 2. The number of methoxy groups -OCH3 is 1. The Balaban J connectivity index is 1.35. The molecule has 1 saturated carbocycles. The molecule has 11 heteroatoms. The van der Waals surface area contributed by atoms with E-state index < -0.39 is 17.4 Å². The molecule has 2 aromatic carbocycles. The van der Waals surface area contributed by atoms with Gasteiger partial charge in [0.05, 0.1) is 19.2 Å². The average molecular weight is 489 g/mol. The minimum atomic E-state index is -4.49. The fraction of sp³-hybridized carbons (Fsp3) is 0.375. The summed E-state index contributed by atoms with van der Waals surface area (Å²) in [4.78, 5) is 25.0. The molecule has 3 aromatic rings. The van der Waals surface area contributed by atoms with Gasteiger partial charge in [-0.3, -0.25) is 4.57 Å². The molecule has 0 atom stereocenters. The number of rotatable bonds is 9. The number of aromatic nitrogens is 3. The summed E-state index contributed by atoms with van der Waals surface area (Å²) in [6.07, 6.45) is -2.31. The van der Waals surface area contributed by atoms with E-state index in [9.17, 15) is 22.8 Å². The van der Waals surface area contributed by atoms with Crippen molar-refractivity contribution >= 4 is 6.03 Å². The smallest absolute Gasteiger partial charge is 0.416 e. The lowest BCUT2D eigenvalue weighted by molar-refractivity contribution is -0.137. The van der Waals surface area contributed by atoms with Crippen molar-refractivity contribution in [1.29, 1.82) is 0 Å². The zero-order chi connectivity index (χ0) is 25.0. The van der Waals surface area contributed by atoms with E-state index in [4.69, 9.17) is 4.74 Å². The van der Waals surface area contributed by atoms with Gasteiger partial charge in [-0.2, -0.15) is 13.2 Å². The number of ether oxygens (including phenoxy) is 1. The number of hydrogen-bond donors (Lipinski definition) is 2. The number of nitrogens with zero attached hydrogens (tertiary/aromatic N) is 3. The lowest BCUT2D eigenvalue weighted by Crippen LogP contribution is -2.39. The van der Waals surface area contributed by atoms with E-state index in [1.807, 2.05) is 24.3 Å². The molecule has 2 N–H and O–H groups in total. The van der Waals surface area contributed by atoms with Gasteiger partial charge in [-0.15, -0.1) is 5.10 Å². The van der Waals surface area contributed by atoms with Crippen molar-refractivity contribution in [1.82, 2.24) is 25.0 Å². The summed E-state index contributed by atoms with van der Waals surface area (Å²) in [6.45, 7) is 0.655. The second kappa shape index (κ2) is 10.2. The lowest BCUT2D eigenvalue weighted by Gasteiger charge is -2.09. The van der Waals surface area contributed by atoms with E-state index in [1.54, 1.807) is 7.11 Å². The highest BCUT2D eigenvalue weighted by Crippen LogP contribution is 2.37. The van der Waals surface area contributed by atoms with Crippen LogP contribution < -0.4 is 21.1 Å². The summed E-state index contributed by atoms with van der Waals surface area (Å²) in [5, 5.41) is 9.72. The van der Waals surface area contributed by atoms with Crippen molar-refractivity contribution in [2.75, 3.05) is 20.2 Å². The first-order valence-corrected chi connectivity index (χ1v) is 11.3. The molecule has 0 bridgehead atoms. The van der Waals surface area contributed by atoms with Gasteiger partial charge in [-0.05, 0) is 49.1 Å². The Morgan fingerprint density at radius 2 is 1.83 bits per heavy atom. The van der Waals surface area contributed by atoms with Crippen LogP contribution in [0.5, 0.6) is 5.75 Å². The molecule has 0 aliphatic heterocycles. The third kappa shape index (κ3) is 6.03. The van der Waals surface area contributed by atoms with Crippen LogP contribution in [0.4, 0.5) is 18.0 Å². The molecule has 0 saturated heterocycles. The standard InChI is InChI=1S/C24H26F3N5O3/c1-35-20-9-5-16(6-10-20)11-12-28-22(33)29-13-14-31-23(34)32(19-7-8-19)21(30-31)17-3-2-4-18(15-17)24(25,26)27/h2-6,9-10,15,19H,7-8,11-14H2,1H3,(H2,28,29,33). The molecule has 1 aliphatic carbocycles. The number of halogens is 3. The Kier molecular flexibility index (Phi) is 7.13. The van der Waals surface area contributed by atoms with Crippen LogP contribution >= 0.6 is 0 Å². The van der Waals surface area contributed by atoms with Crippen molar-refractivity contribution in [2.45, 2.75) is 38.0 Å². The first-order valence-electron chi connectivity index (χ1n) is 11.3. The molecule has 1 fully saturated rings. The Labute approximate surface area is 199 Å². The molecule has 35 heavy (non-hydrogen) atoms. The first kappa shape index (κ1) is 24.4. The minimum absolute atomic E-state index is 0.0741. The molecular formula is C24H26F3N5O3. The predicted octanol–water partition coefficient (Wildman–Crippen LogP) is 3.62. The summed E-state index contributed by atoms with van der Waals surface area (Å²) < 4.78 is 47.2. The Hall–Kier alpha value is -3.76. The van der Waals surface area contributed by atoms with Gasteiger partial charge in [-0.25, -0.2) is 14.3 Å². The summed E-state index contributed by atoms with van der Waals surface area (Å²) in [5.74, 6) is 0.961. The number of hydrogen-bond acceptors (Lipinski definition) is 4. The number of amides is 2. The zero-order valence-electron chi connectivity index (χ0n) is 19.1. The van der Waals surface area contributed by atoms with Crippen LogP contribution in [-0.2, 0) is 19.1 Å². The van der Waals surface area contributed by atoms with Crippen LogP contribution in [0.2, 0.25) is 0 Å². The normalized spacial score (nSPS) is 13.5. The van der Waals surface area contributed by atoms with E-state index in [0.29, 0.717) is 13.0 Å². The second-order valence-electron chi connectivity index (χ2n) is 8.29. The fourth-order valence-electron chi connectivity index (χ4n) is 3.71.